The Morgan fingerprint density at radius 1 is 1.29 bits per heavy atom. The average molecular weight is 332 g/mol. The van der Waals surface area contributed by atoms with E-state index in [2.05, 4.69) is 53.6 Å². The van der Waals surface area contributed by atoms with Gasteiger partial charge in [-0.25, -0.2) is 0 Å². The molecule has 1 saturated heterocycles. The maximum absolute atomic E-state index is 12.2. The van der Waals surface area contributed by atoms with Crippen LogP contribution in [-0.4, -0.2) is 36.5 Å². The average Bonchev–Trinajstić information content (AvgIpc) is 2.64. The SMILES string of the molecule is CCCCN(CC)Cc1cccc(CNC(=O)[C@H]2CCCCN2)c1. The van der Waals surface area contributed by atoms with E-state index in [1.807, 2.05) is 0 Å². The number of hydrogen-bond acceptors (Lipinski definition) is 3. The number of nitrogens with zero attached hydrogens (tertiary/aromatic N) is 1. The molecular formula is C20H33N3O. The van der Waals surface area contributed by atoms with Crippen LogP contribution < -0.4 is 10.6 Å². The van der Waals surface area contributed by atoms with Crippen LogP contribution in [0.15, 0.2) is 24.3 Å². The van der Waals surface area contributed by atoms with E-state index >= 15 is 0 Å². The summed E-state index contributed by atoms with van der Waals surface area (Å²) in [5, 5.41) is 6.38. The van der Waals surface area contributed by atoms with Gasteiger partial charge in [-0.15, -0.1) is 0 Å². The van der Waals surface area contributed by atoms with Gasteiger partial charge in [0.25, 0.3) is 0 Å². The van der Waals surface area contributed by atoms with Crippen molar-refractivity contribution in [1.29, 1.82) is 0 Å². The van der Waals surface area contributed by atoms with Crippen molar-refractivity contribution in [1.82, 2.24) is 15.5 Å². The Hall–Kier alpha value is -1.39. The lowest BCUT2D eigenvalue weighted by Crippen LogP contribution is -2.46. The number of piperidine rings is 1. The zero-order valence-electron chi connectivity index (χ0n) is 15.3. The number of rotatable bonds is 9. The Balaban J connectivity index is 1.84. The molecule has 1 fully saturated rings. The number of nitrogens with one attached hydrogen (secondary N) is 2. The molecule has 1 aromatic carbocycles. The summed E-state index contributed by atoms with van der Waals surface area (Å²) in [4.78, 5) is 14.7. The number of benzene rings is 1. The molecule has 0 unspecified atom stereocenters. The van der Waals surface area contributed by atoms with Gasteiger partial charge in [-0.05, 0) is 50.0 Å². The summed E-state index contributed by atoms with van der Waals surface area (Å²) >= 11 is 0. The molecule has 4 nitrogen and oxygen atoms in total. The van der Waals surface area contributed by atoms with Gasteiger partial charge in [0.2, 0.25) is 5.91 Å². The molecule has 0 aromatic heterocycles. The predicted molar refractivity (Wildman–Crippen MR) is 99.8 cm³/mol. The molecule has 1 aliphatic rings. The summed E-state index contributed by atoms with van der Waals surface area (Å²) in [7, 11) is 0. The Labute approximate surface area is 147 Å². The van der Waals surface area contributed by atoms with E-state index in [9.17, 15) is 4.79 Å². The van der Waals surface area contributed by atoms with Gasteiger partial charge in [0, 0.05) is 13.1 Å². The lowest BCUT2D eigenvalue weighted by molar-refractivity contribution is -0.123. The van der Waals surface area contributed by atoms with Crippen LogP contribution in [-0.2, 0) is 17.9 Å². The highest BCUT2D eigenvalue weighted by Crippen LogP contribution is 2.11. The molecule has 0 spiro atoms. The highest BCUT2D eigenvalue weighted by atomic mass is 16.2. The van der Waals surface area contributed by atoms with E-state index in [-0.39, 0.29) is 11.9 Å². The van der Waals surface area contributed by atoms with E-state index in [4.69, 9.17) is 0 Å². The molecule has 1 heterocycles. The van der Waals surface area contributed by atoms with Gasteiger partial charge in [-0.3, -0.25) is 9.69 Å². The van der Waals surface area contributed by atoms with Gasteiger partial charge in [0.15, 0.2) is 0 Å². The molecule has 0 saturated carbocycles. The van der Waals surface area contributed by atoms with Crippen LogP contribution in [0.5, 0.6) is 0 Å². The molecular weight excluding hydrogens is 298 g/mol. The Kier molecular flexibility index (Phi) is 8.26. The van der Waals surface area contributed by atoms with Crippen molar-refractivity contribution in [2.24, 2.45) is 0 Å². The molecule has 4 heteroatoms. The quantitative estimate of drug-likeness (QED) is 0.731. The minimum atomic E-state index is -0.00782. The first-order chi connectivity index (χ1) is 11.7. The predicted octanol–water partition coefficient (Wildman–Crippen LogP) is 3.07. The van der Waals surface area contributed by atoms with Crippen molar-refractivity contribution in [3.05, 3.63) is 35.4 Å². The molecule has 2 N–H and O–H groups in total. The van der Waals surface area contributed by atoms with Gasteiger partial charge in [-0.2, -0.15) is 0 Å². The first-order valence-electron chi connectivity index (χ1n) is 9.54. The number of carbonyl (C=O) groups excluding carboxylic acids is 1. The standard InChI is InChI=1S/C20H33N3O/c1-3-5-13-23(4-2)16-18-10-8-9-17(14-18)15-22-20(24)19-11-6-7-12-21-19/h8-10,14,19,21H,3-7,11-13,15-16H2,1-2H3,(H,22,24)/t19-/m1/s1. The van der Waals surface area contributed by atoms with Crippen LogP contribution in [0.1, 0.15) is 57.1 Å². The highest BCUT2D eigenvalue weighted by molar-refractivity contribution is 5.81. The first-order valence-corrected chi connectivity index (χ1v) is 9.54. The molecule has 24 heavy (non-hydrogen) atoms. The number of unbranched alkanes of at least 4 members (excludes halogenated alkanes) is 1. The number of hydrogen-bond donors (Lipinski definition) is 2. The smallest absolute Gasteiger partial charge is 0.237 e. The van der Waals surface area contributed by atoms with Crippen molar-refractivity contribution in [2.45, 2.75) is 65.1 Å². The summed E-state index contributed by atoms with van der Waals surface area (Å²) in [6.45, 7) is 9.25. The van der Waals surface area contributed by atoms with Crippen LogP contribution in [0.25, 0.3) is 0 Å². The normalized spacial score (nSPS) is 17.9. The maximum atomic E-state index is 12.2. The van der Waals surface area contributed by atoms with Gasteiger partial charge < -0.3 is 10.6 Å². The zero-order chi connectivity index (χ0) is 17.2. The topological polar surface area (TPSA) is 44.4 Å². The van der Waals surface area contributed by atoms with Crippen LogP contribution in [0.4, 0.5) is 0 Å². The van der Waals surface area contributed by atoms with E-state index in [0.29, 0.717) is 6.54 Å². The molecule has 134 valence electrons. The lowest BCUT2D eigenvalue weighted by Gasteiger charge is -2.23. The van der Waals surface area contributed by atoms with Crippen LogP contribution >= 0.6 is 0 Å². The van der Waals surface area contributed by atoms with Gasteiger partial charge in [0.05, 0.1) is 6.04 Å². The van der Waals surface area contributed by atoms with E-state index < -0.39 is 0 Å². The largest absolute Gasteiger partial charge is 0.351 e. The number of amides is 1. The molecule has 1 aromatic rings. The summed E-state index contributed by atoms with van der Waals surface area (Å²) in [6.07, 6.45) is 5.76. The first kappa shape index (κ1) is 18.9. The fourth-order valence-corrected chi connectivity index (χ4v) is 3.21. The zero-order valence-corrected chi connectivity index (χ0v) is 15.3. The monoisotopic (exact) mass is 331 g/mol. The third-order valence-electron chi connectivity index (χ3n) is 4.77. The van der Waals surface area contributed by atoms with Crippen molar-refractivity contribution >= 4 is 5.91 Å². The van der Waals surface area contributed by atoms with E-state index in [1.165, 1.54) is 30.4 Å². The number of carbonyl (C=O) groups is 1. The second kappa shape index (κ2) is 10.5. The highest BCUT2D eigenvalue weighted by Gasteiger charge is 2.19. The maximum Gasteiger partial charge on any atom is 0.237 e. The second-order valence-corrected chi connectivity index (χ2v) is 6.76. The molecule has 0 bridgehead atoms. The van der Waals surface area contributed by atoms with Crippen molar-refractivity contribution in [3.63, 3.8) is 0 Å². The van der Waals surface area contributed by atoms with Crippen LogP contribution in [0.2, 0.25) is 0 Å². The van der Waals surface area contributed by atoms with E-state index in [0.717, 1.165) is 39.0 Å². The van der Waals surface area contributed by atoms with Crippen LogP contribution in [0.3, 0.4) is 0 Å². The Bertz CT molecular complexity index is 497. The van der Waals surface area contributed by atoms with Gasteiger partial charge >= 0.3 is 0 Å². The van der Waals surface area contributed by atoms with Gasteiger partial charge in [0.1, 0.15) is 0 Å². The fourth-order valence-electron chi connectivity index (χ4n) is 3.21. The minimum absolute atomic E-state index is 0.00782. The molecule has 1 atom stereocenters. The minimum Gasteiger partial charge on any atom is -0.351 e. The third-order valence-corrected chi connectivity index (χ3v) is 4.77. The van der Waals surface area contributed by atoms with Crippen molar-refractivity contribution in [3.8, 4) is 0 Å². The van der Waals surface area contributed by atoms with Crippen molar-refractivity contribution < 1.29 is 4.79 Å². The Morgan fingerprint density at radius 2 is 2.12 bits per heavy atom. The van der Waals surface area contributed by atoms with E-state index in [1.54, 1.807) is 0 Å². The summed E-state index contributed by atoms with van der Waals surface area (Å²) in [5.74, 6) is 0.137. The molecule has 1 aliphatic heterocycles. The lowest BCUT2D eigenvalue weighted by atomic mass is 10.0. The Morgan fingerprint density at radius 3 is 2.83 bits per heavy atom. The van der Waals surface area contributed by atoms with Crippen molar-refractivity contribution in [2.75, 3.05) is 19.6 Å². The molecule has 1 amide bonds. The molecule has 0 radical (unpaired) electrons. The molecule has 0 aliphatic carbocycles. The van der Waals surface area contributed by atoms with Crippen LogP contribution in [0, 0.1) is 0 Å². The van der Waals surface area contributed by atoms with Gasteiger partial charge in [-0.1, -0.05) is 51.0 Å². The third kappa shape index (κ3) is 6.25. The fraction of sp³-hybridized carbons (Fsp3) is 0.650. The molecule has 2 rings (SSSR count). The summed E-state index contributed by atoms with van der Waals surface area (Å²) in [5.41, 5.74) is 2.51. The second-order valence-electron chi connectivity index (χ2n) is 6.76. The summed E-state index contributed by atoms with van der Waals surface area (Å²) < 4.78 is 0. The summed E-state index contributed by atoms with van der Waals surface area (Å²) in [6, 6.07) is 8.60.